The minimum absolute atomic E-state index is 0.231. The highest BCUT2D eigenvalue weighted by Crippen LogP contribution is 2.32. The van der Waals surface area contributed by atoms with Gasteiger partial charge in [-0.1, -0.05) is 50.2 Å². The van der Waals surface area contributed by atoms with E-state index in [0.717, 1.165) is 27.6 Å². The molecule has 0 unspecified atom stereocenters. The van der Waals surface area contributed by atoms with Crippen molar-refractivity contribution >= 4 is 32.4 Å². The van der Waals surface area contributed by atoms with Crippen LogP contribution in [0.2, 0.25) is 0 Å². The zero-order valence-corrected chi connectivity index (χ0v) is 19.6. The van der Waals surface area contributed by atoms with Crippen molar-refractivity contribution in [2.45, 2.75) is 24.7 Å². The maximum absolute atomic E-state index is 11.7. The van der Waals surface area contributed by atoms with Crippen molar-refractivity contribution < 1.29 is 8.42 Å². The Morgan fingerprint density at radius 1 is 1.00 bits per heavy atom. The van der Waals surface area contributed by atoms with Gasteiger partial charge in [-0.05, 0) is 70.6 Å². The zero-order chi connectivity index (χ0) is 23.6. The number of nitrogens with zero attached hydrogens (tertiary/aromatic N) is 2. The molecule has 4 nitrogen and oxygen atoms in total. The van der Waals surface area contributed by atoms with Crippen molar-refractivity contribution in [3.05, 3.63) is 95.7 Å². The molecule has 164 valence electrons. The summed E-state index contributed by atoms with van der Waals surface area (Å²) in [5, 5.41) is 10.8. The van der Waals surface area contributed by atoms with E-state index in [0.29, 0.717) is 17.1 Å². The van der Waals surface area contributed by atoms with Crippen LogP contribution in [0.5, 0.6) is 0 Å². The molecule has 0 radical (unpaired) electrons. The van der Waals surface area contributed by atoms with E-state index in [2.05, 4.69) is 55.2 Å². The third-order valence-corrected chi connectivity index (χ3v) is 6.74. The fraction of sp³-hybridized carbons (Fsp3) is 0.143. The monoisotopic (exact) mass is 452 g/mol. The van der Waals surface area contributed by atoms with Crippen LogP contribution in [0.15, 0.2) is 83.9 Å². The van der Waals surface area contributed by atoms with E-state index in [1.165, 1.54) is 24.0 Å². The fourth-order valence-electron chi connectivity index (χ4n) is 3.79. The number of nitriles is 1. The van der Waals surface area contributed by atoms with Crippen molar-refractivity contribution in [2.24, 2.45) is 0 Å². The Kier molecular flexibility index (Phi) is 6.13. The summed E-state index contributed by atoms with van der Waals surface area (Å²) in [5.74, 6) is 0.386. The molecule has 4 aromatic rings. The number of allylic oxidation sites excluding steroid dienone is 1. The summed E-state index contributed by atoms with van der Waals surface area (Å²) in [7, 11) is -3.28. The lowest BCUT2D eigenvalue weighted by molar-refractivity contribution is 0.602. The lowest BCUT2D eigenvalue weighted by Gasteiger charge is -2.13. The van der Waals surface area contributed by atoms with Crippen LogP contribution in [0.4, 0.5) is 0 Å². The summed E-state index contributed by atoms with van der Waals surface area (Å²) in [6.07, 6.45) is 4.79. The average Bonchev–Trinajstić information content (AvgIpc) is 2.81. The van der Waals surface area contributed by atoms with E-state index in [-0.39, 0.29) is 4.90 Å². The first-order chi connectivity index (χ1) is 15.8. The number of aromatic nitrogens is 1. The second kappa shape index (κ2) is 9.01. The number of rotatable bonds is 5. The lowest BCUT2D eigenvalue weighted by atomic mass is 9.93. The first kappa shape index (κ1) is 22.4. The molecule has 1 heterocycles. The van der Waals surface area contributed by atoms with Crippen LogP contribution < -0.4 is 0 Å². The van der Waals surface area contributed by atoms with Gasteiger partial charge in [0.05, 0.1) is 22.1 Å². The van der Waals surface area contributed by atoms with Crippen molar-refractivity contribution in [2.75, 3.05) is 6.26 Å². The molecule has 0 spiro atoms. The maximum atomic E-state index is 11.7. The quantitative estimate of drug-likeness (QED) is 0.256. The summed E-state index contributed by atoms with van der Waals surface area (Å²) in [4.78, 5) is 4.85. The highest BCUT2D eigenvalue weighted by molar-refractivity contribution is 7.90. The highest BCUT2D eigenvalue weighted by atomic mass is 32.2. The molecule has 33 heavy (non-hydrogen) atoms. The summed E-state index contributed by atoms with van der Waals surface area (Å²) in [5.41, 5.74) is 6.29. The molecule has 0 saturated heterocycles. The minimum Gasteiger partial charge on any atom is -0.256 e. The van der Waals surface area contributed by atoms with Gasteiger partial charge in [0.25, 0.3) is 0 Å². The SMILES string of the molecule is CC(C)c1cc(-c2cccc(/C=C(/C#N)c3ccc(S(C)(=O)=O)cc3)c2)c2ncccc2c1. The van der Waals surface area contributed by atoms with Gasteiger partial charge in [-0.15, -0.1) is 0 Å². The highest BCUT2D eigenvalue weighted by Gasteiger charge is 2.11. The third kappa shape index (κ3) is 4.87. The van der Waals surface area contributed by atoms with Gasteiger partial charge in [0.2, 0.25) is 0 Å². The minimum atomic E-state index is -3.28. The molecule has 0 bridgehead atoms. The summed E-state index contributed by atoms with van der Waals surface area (Å²) in [6.45, 7) is 4.35. The number of benzene rings is 3. The topological polar surface area (TPSA) is 70.8 Å². The summed E-state index contributed by atoms with van der Waals surface area (Å²) < 4.78 is 23.4. The molecule has 4 rings (SSSR count). The lowest BCUT2D eigenvalue weighted by Crippen LogP contribution is -1.96. The van der Waals surface area contributed by atoms with Crippen LogP contribution in [0.1, 0.15) is 36.5 Å². The van der Waals surface area contributed by atoms with E-state index in [4.69, 9.17) is 0 Å². The van der Waals surface area contributed by atoms with Crippen LogP contribution in [0.25, 0.3) is 33.7 Å². The third-order valence-electron chi connectivity index (χ3n) is 5.62. The number of fused-ring (bicyclic) bond motifs is 1. The zero-order valence-electron chi connectivity index (χ0n) is 18.8. The summed E-state index contributed by atoms with van der Waals surface area (Å²) >= 11 is 0. The maximum Gasteiger partial charge on any atom is 0.175 e. The molecular formula is C28H24N2O2S. The van der Waals surface area contributed by atoms with Crippen molar-refractivity contribution in [1.29, 1.82) is 5.26 Å². The normalized spacial score (nSPS) is 12.2. The molecule has 0 fully saturated rings. The van der Waals surface area contributed by atoms with Gasteiger partial charge in [0, 0.05) is 23.4 Å². The van der Waals surface area contributed by atoms with Gasteiger partial charge in [-0.2, -0.15) is 5.26 Å². The van der Waals surface area contributed by atoms with Crippen molar-refractivity contribution in [3.8, 4) is 17.2 Å². The Labute approximate surface area is 194 Å². The van der Waals surface area contributed by atoms with Gasteiger partial charge in [-0.3, -0.25) is 4.98 Å². The smallest absolute Gasteiger partial charge is 0.175 e. The van der Waals surface area contributed by atoms with Gasteiger partial charge in [0.1, 0.15) is 0 Å². The predicted octanol–water partition coefficient (Wildman–Crippen LogP) is 6.49. The molecule has 5 heteroatoms. The molecular weight excluding hydrogens is 428 g/mol. The van der Waals surface area contributed by atoms with E-state index in [1.807, 2.05) is 24.3 Å². The predicted molar refractivity (Wildman–Crippen MR) is 134 cm³/mol. The molecule has 0 saturated carbocycles. The molecule has 0 aliphatic rings. The van der Waals surface area contributed by atoms with Gasteiger partial charge < -0.3 is 0 Å². The van der Waals surface area contributed by atoms with Crippen LogP contribution in [-0.4, -0.2) is 19.7 Å². The Hall–Kier alpha value is -3.75. The average molecular weight is 453 g/mol. The first-order valence-corrected chi connectivity index (χ1v) is 12.6. The number of hydrogen-bond acceptors (Lipinski definition) is 4. The van der Waals surface area contributed by atoms with Gasteiger partial charge >= 0.3 is 0 Å². The van der Waals surface area contributed by atoms with E-state index >= 15 is 0 Å². The fourth-order valence-corrected chi connectivity index (χ4v) is 4.42. The number of hydrogen-bond donors (Lipinski definition) is 0. The Morgan fingerprint density at radius 3 is 2.42 bits per heavy atom. The Bertz CT molecular complexity index is 1510. The second-order valence-electron chi connectivity index (χ2n) is 8.39. The first-order valence-electron chi connectivity index (χ1n) is 10.7. The Balaban J connectivity index is 1.79. The molecule has 0 N–H and O–H groups in total. The molecule has 0 amide bonds. The standard InChI is InChI=1S/C28H24N2O2S/c1-19(2)24-16-23-8-5-13-30-28(23)27(17-24)22-7-4-6-20(14-22)15-25(18-29)21-9-11-26(12-10-21)33(3,31)32/h4-17,19H,1-3H3/b25-15-. The van der Waals surface area contributed by atoms with E-state index < -0.39 is 9.84 Å². The van der Waals surface area contributed by atoms with Crippen LogP contribution in [0, 0.1) is 11.3 Å². The number of pyridine rings is 1. The molecule has 1 aromatic heterocycles. The van der Waals surface area contributed by atoms with E-state index in [9.17, 15) is 13.7 Å². The van der Waals surface area contributed by atoms with Crippen molar-refractivity contribution in [3.63, 3.8) is 0 Å². The second-order valence-corrected chi connectivity index (χ2v) is 10.4. The van der Waals surface area contributed by atoms with Crippen LogP contribution >= 0.6 is 0 Å². The van der Waals surface area contributed by atoms with Crippen LogP contribution in [-0.2, 0) is 9.84 Å². The summed E-state index contributed by atoms with van der Waals surface area (Å²) in [6, 6.07) is 25.1. The van der Waals surface area contributed by atoms with Gasteiger partial charge in [0.15, 0.2) is 9.84 Å². The molecule has 0 aliphatic heterocycles. The molecule has 3 aromatic carbocycles. The molecule has 0 atom stereocenters. The van der Waals surface area contributed by atoms with Crippen molar-refractivity contribution in [1.82, 2.24) is 4.98 Å². The number of sulfone groups is 1. The van der Waals surface area contributed by atoms with Gasteiger partial charge in [-0.25, -0.2) is 8.42 Å². The Morgan fingerprint density at radius 2 is 1.76 bits per heavy atom. The molecule has 0 aliphatic carbocycles. The van der Waals surface area contributed by atoms with E-state index in [1.54, 1.807) is 18.3 Å². The van der Waals surface area contributed by atoms with Crippen LogP contribution in [0.3, 0.4) is 0 Å². The largest absolute Gasteiger partial charge is 0.256 e.